The number of allylic oxidation sites excluding steroid dienone is 2. The second-order valence-corrected chi connectivity index (χ2v) is 5.60. The van der Waals surface area contributed by atoms with Crippen molar-refractivity contribution < 1.29 is 14.5 Å². The molecule has 1 aliphatic carbocycles. The number of hydrazine groups is 1. The fraction of sp³-hybridized carbons (Fsp3) is 0.143. The van der Waals surface area contributed by atoms with Gasteiger partial charge in [0.15, 0.2) is 5.11 Å². The number of hydrogen-bond acceptors (Lipinski definition) is 5. The van der Waals surface area contributed by atoms with Crippen LogP contribution in [0.2, 0.25) is 0 Å². The highest BCUT2D eigenvalue weighted by Gasteiger charge is 2.48. The van der Waals surface area contributed by atoms with Crippen LogP contribution in [0.5, 0.6) is 0 Å². The number of nitro benzene ring substituents is 1. The first kappa shape index (κ1) is 13.7. The normalized spacial score (nSPS) is 24.8. The van der Waals surface area contributed by atoms with Crippen LogP contribution in [0.25, 0.3) is 5.57 Å². The van der Waals surface area contributed by atoms with Crippen LogP contribution in [0.3, 0.4) is 0 Å². The summed E-state index contributed by atoms with van der Waals surface area (Å²) in [5.74, 6) is 0.323. The first-order valence-corrected chi connectivity index (χ1v) is 7.18. The van der Waals surface area contributed by atoms with Crippen molar-refractivity contribution in [1.82, 2.24) is 15.8 Å². The van der Waals surface area contributed by atoms with Crippen LogP contribution in [0.4, 0.5) is 5.69 Å². The third kappa shape index (κ3) is 2.05. The summed E-state index contributed by atoms with van der Waals surface area (Å²) < 4.78 is 5.67. The molecule has 0 bridgehead atoms. The second kappa shape index (κ2) is 4.78. The highest BCUT2D eigenvalue weighted by atomic mass is 32.1. The van der Waals surface area contributed by atoms with E-state index in [1.54, 1.807) is 17.0 Å². The summed E-state index contributed by atoms with van der Waals surface area (Å²) in [4.78, 5) is 23.7. The predicted molar refractivity (Wildman–Crippen MR) is 83.5 cm³/mol. The Morgan fingerprint density at radius 1 is 1.26 bits per heavy atom. The van der Waals surface area contributed by atoms with Gasteiger partial charge >= 0.3 is 5.91 Å². The molecule has 4 rings (SSSR count). The van der Waals surface area contributed by atoms with Crippen molar-refractivity contribution in [3.05, 3.63) is 57.9 Å². The number of nitro groups is 1. The summed E-state index contributed by atoms with van der Waals surface area (Å²) in [6.45, 7) is 0. The number of non-ortho nitro benzene ring substituents is 1. The van der Waals surface area contributed by atoms with Crippen LogP contribution in [0, 0.1) is 10.1 Å². The molecule has 9 heteroatoms. The standard InChI is InChI=1S/C14H10N4O4S/c19-12-13-17(14(23)16-15-12)10-5-8(6-11(10)22-13)7-1-3-9(4-2-7)18(20)21/h1-6,10,13H,(H,15,19)(H,16,23). The van der Waals surface area contributed by atoms with Crippen LogP contribution >= 0.6 is 12.2 Å². The molecule has 116 valence electrons. The first-order chi connectivity index (χ1) is 11.0. The smallest absolute Gasteiger partial charge is 0.301 e. The van der Waals surface area contributed by atoms with Gasteiger partial charge in [0.05, 0.1) is 4.92 Å². The molecule has 2 heterocycles. The lowest BCUT2D eigenvalue weighted by Gasteiger charge is -2.32. The Bertz CT molecular complexity index is 802. The lowest BCUT2D eigenvalue weighted by atomic mass is 10.1. The molecule has 1 aromatic carbocycles. The van der Waals surface area contributed by atoms with E-state index in [1.165, 1.54) is 12.1 Å². The van der Waals surface area contributed by atoms with Gasteiger partial charge in [0.25, 0.3) is 11.9 Å². The van der Waals surface area contributed by atoms with Gasteiger partial charge in [0.1, 0.15) is 11.8 Å². The SMILES string of the molecule is O=C1NNC(=S)N2C3C=C(c4ccc([N+](=O)[O-])cc4)C=C3OC12. The number of carbonyl (C=O) groups excluding carboxylic acids is 1. The highest BCUT2D eigenvalue weighted by molar-refractivity contribution is 7.80. The molecule has 2 aliphatic heterocycles. The molecule has 8 nitrogen and oxygen atoms in total. The van der Waals surface area contributed by atoms with Crippen molar-refractivity contribution in [3.63, 3.8) is 0 Å². The van der Waals surface area contributed by atoms with E-state index in [0.717, 1.165) is 11.1 Å². The summed E-state index contributed by atoms with van der Waals surface area (Å²) in [6.07, 6.45) is 2.97. The Labute approximate surface area is 135 Å². The highest BCUT2D eigenvalue weighted by Crippen LogP contribution is 2.38. The molecule has 2 saturated heterocycles. The maximum Gasteiger partial charge on any atom is 0.301 e. The minimum Gasteiger partial charge on any atom is -0.463 e. The molecule has 23 heavy (non-hydrogen) atoms. The van der Waals surface area contributed by atoms with E-state index in [0.29, 0.717) is 10.9 Å². The minimum absolute atomic E-state index is 0.0367. The van der Waals surface area contributed by atoms with Crippen LogP contribution in [0.1, 0.15) is 5.56 Å². The quantitative estimate of drug-likeness (QED) is 0.471. The van der Waals surface area contributed by atoms with E-state index in [-0.39, 0.29) is 17.6 Å². The number of hydrogen-bond donors (Lipinski definition) is 2. The Morgan fingerprint density at radius 2 is 2.00 bits per heavy atom. The Balaban J connectivity index is 1.64. The van der Waals surface area contributed by atoms with E-state index < -0.39 is 11.2 Å². The lowest BCUT2D eigenvalue weighted by Crippen LogP contribution is -2.63. The van der Waals surface area contributed by atoms with E-state index in [1.807, 2.05) is 12.2 Å². The fourth-order valence-corrected chi connectivity index (χ4v) is 3.06. The number of amides is 1. The Hall–Kier alpha value is -2.94. The van der Waals surface area contributed by atoms with Gasteiger partial charge in [-0.25, -0.2) is 0 Å². The monoisotopic (exact) mass is 330 g/mol. The molecule has 3 aliphatic rings. The van der Waals surface area contributed by atoms with Gasteiger partial charge in [0.2, 0.25) is 0 Å². The van der Waals surface area contributed by atoms with Gasteiger partial charge in [0, 0.05) is 12.1 Å². The number of fused-ring (bicyclic) bond motifs is 3. The topological polar surface area (TPSA) is 96.7 Å². The number of ether oxygens (including phenoxy) is 1. The zero-order valence-electron chi connectivity index (χ0n) is 11.6. The molecule has 1 aromatic rings. The fourth-order valence-electron chi connectivity index (χ4n) is 2.80. The number of nitrogens with zero attached hydrogens (tertiary/aromatic N) is 2. The van der Waals surface area contributed by atoms with E-state index >= 15 is 0 Å². The molecule has 2 unspecified atom stereocenters. The Morgan fingerprint density at radius 3 is 2.70 bits per heavy atom. The van der Waals surface area contributed by atoms with Crippen molar-refractivity contribution in [2.75, 3.05) is 0 Å². The summed E-state index contributed by atoms with van der Waals surface area (Å²) in [5, 5.41) is 11.1. The van der Waals surface area contributed by atoms with Gasteiger partial charge in [-0.3, -0.25) is 30.7 Å². The minimum atomic E-state index is -0.769. The summed E-state index contributed by atoms with van der Waals surface area (Å²) in [6, 6.07) is 6.01. The molecule has 1 amide bonds. The molecular formula is C14H10N4O4S. The maximum atomic E-state index is 11.8. The number of carbonyl (C=O) groups is 1. The summed E-state index contributed by atoms with van der Waals surface area (Å²) in [7, 11) is 0. The summed E-state index contributed by atoms with van der Waals surface area (Å²) >= 11 is 5.21. The molecule has 0 aromatic heterocycles. The molecule has 2 N–H and O–H groups in total. The van der Waals surface area contributed by atoms with Crippen molar-refractivity contribution in [2.45, 2.75) is 12.3 Å². The number of thiocarbonyl (C=S) groups is 1. The average molecular weight is 330 g/mol. The lowest BCUT2D eigenvalue weighted by molar-refractivity contribution is -0.384. The molecule has 2 atom stereocenters. The molecule has 0 radical (unpaired) electrons. The van der Waals surface area contributed by atoms with Gasteiger partial charge in [-0.2, -0.15) is 0 Å². The van der Waals surface area contributed by atoms with Crippen molar-refractivity contribution in [3.8, 4) is 0 Å². The summed E-state index contributed by atoms with van der Waals surface area (Å²) in [5.41, 5.74) is 6.82. The molecule has 2 fully saturated rings. The van der Waals surface area contributed by atoms with Crippen LogP contribution in [-0.4, -0.2) is 33.1 Å². The van der Waals surface area contributed by atoms with Crippen LogP contribution < -0.4 is 10.9 Å². The third-order valence-corrected chi connectivity index (χ3v) is 4.20. The van der Waals surface area contributed by atoms with Gasteiger partial charge in [-0.1, -0.05) is 0 Å². The van der Waals surface area contributed by atoms with Gasteiger partial charge in [-0.15, -0.1) is 0 Å². The zero-order chi connectivity index (χ0) is 16.1. The van der Waals surface area contributed by atoms with Crippen LogP contribution in [0.15, 0.2) is 42.2 Å². The van der Waals surface area contributed by atoms with Crippen LogP contribution in [-0.2, 0) is 9.53 Å². The molecule has 0 spiro atoms. The van der Waals surface area contributed by atoms with Crippen molar-refractivity contribution in [2.24, 2.45) is 0 Å². The first-order valence-electron chi connectivity index (χ1n) is 6.77. The zero-order valence-corrected chi connectivity index (χ0v) is 12.4. The van der Waals surface area contributed by atoms with E-state index in [9.17, 15) is 14.9 Å². The van der Waals surface area contributed by atoms with Gasteiger partial charge < -0.3 is 4.74 Å². The van der Waals surface area contributed by atoms with Crippen molar-refractivity contribution in [1.29, 1.82) is 0 Å². The Kier molecular flexibility index (Phi) is 2.85. The number of rotatable bonds is 2. The second-order valence-electron chi connectivity index (χ2n) is 5.21. The van der Waals surface area contributed by atoms with E-state index in [2.05, 4.69) is 10.9 Å². The maximum absolute atomic E-state index is 11.8. The largest absolute Gasteiger partial charge is 0.463 e. The van der Waals surface area contributed by atoms with Gasteiger partial charge in [-0.05, 0) is 47.6 Å². The number of benzene rings is 1. The van der Waals surface area contributed by atoms with Crippen molar-refractivity contribution >= 4 is 34.5 Å². The number of nitrogens with one attached hydrogen (secondary N) is 2. The molecular weight excluding hydrogens is 320 g/mol. The average Bonchev–Trinajstić information content (AvgIpc) is 3.09. The molecule has 0 saturated carbocycles. The van der Waals surface area contributed by atoms with E-state index in [4.69, 9.17) is 17.0 Å². The third-order valence-electron chi connectivity index (χ3n) is 3.89. The predicted octanol–water partition coefficient (Wildman–Crippen LogP) is 0.822.